The SMILES string of the molecule is CC(C)CCn1c(SCC(=O)Nc2ccc(F)c([N+](=O)[O-])c2)nc2cc(Cl)ccc2c1=O. The zero-order valence-corrected chi connectivity index (χ0v) is 18.9. The third kappa shape index (κ3) is 5.63. The molecule has 3 rings (SSSR count). The molecular formula is C21H20ClFN4O4S. The number of amides is 1. The summed E-state index contributed by atoms with van der Waals surface area (Å²) in [5.74, 6) is -1.22. The highest BCUT2D eigenvalue weighted by Crippen LogP contribution is 2.24. The third-order valence-corrected chi connectivity index (χ3v) is 5.78. The number of carbonyl (C=O) groups excluding carboxylic acids is 1. The molecule has 32 heavy (non-hydrogen) atoms. The summed E-state index contributed by atoms with van der Waals surface area (Å²) in [5.41, 5.74) is -0.421. The average molecular weight is 479 g/mol. The van der Waals surface area contributed by atoms with Crippen LogP contribution in [-0.2, 0) is 11.3 Å². The van der Waals surface area contributed by atoms with Crippen LogP contribution in [0.25, 0.3) is 10.9 Å². The first-order chi connectivity index (χ1) is 15.2. The summed E-state index contributed by atoms with van der Waals surface area (Å²) < 4.78 is 15.0. The monoisotopic (exact) mass is 478 g/mol. The maximum atomic E-state index is 13.5. The number of nitrogens with one attached hydrogen (secondary N) is 1. The second-order valence-electron chi connectivity index (χ2n) is 7.46. The maximum Gasteiger partial charge on any atom is 0.306 e. The van der Waals surface area contributed by atoms with E-state index in [9.17, 15) is 24.1 Å². The van der Waals surface area contributed by atoms with Crippen LogP contribution in [0.15, 0.2) is 46.3 Å². The Labute approximate surface area is 191 Å². The van der Waals surface area contributed by atoms with Crippen LogP contribution in [0, 0.1) is 21.8 Å². The molecule has 0 aliphatic heterocycles. The van der Waals surface area contributed by atoms with E-state index in [4.69, 9.17) is 11.6 Å². The van der Waals surface area contributed by atoms with Gasteiger partial charge in [-0.05, 0) is 42.7 Å². The number of hydrogen-bond acceptors (Lipinski definition) is 6. The van der Waals surface area contributed by atoms with Gasteiger partial charge in [0, 0.05) is 23.3 Å². The van der Waals surface area contributed by atoms with Crippen LogP contribution in [0.1, 0.15) is 20.3 Å². The number of nitro benzene ring substituents is 1. The molecular weight excluding hydrogens is 459 g/mol. The summed E-state index contributed by atoms with van der Waals surface area (Å²) in [6, 6.07) is 7.95. The summed E-state index contributed by atoms with van der Waals surface area (Å²) >= 11 is 7.10. The largest absolute Gasteiger partial charge is 0.325 e. The summed E-state index contributed by atoms with van der Waals surface area (Å²) in [5, 5.41) is 14.6. The Bertz CT molecular complexity index is 1250. The van der Waals surface area contributed by atoms with Gasteiger partial charge in [0.2, 0.25) is 11.7 Å². The minimum atomic E-state index is -0.990. The minimum absolute atomic E-state index is 0.0964. The zero-order valence-electron chi connectivity index (χ0n) is 17.3. The Balaban J connectivity index is 1.83. The molecule has 1 N–H and O–H groups in total. The number of thioether (sulfide) groups is 1. The number of carbonyl (C=O) groups is 1. The number of nitro groups is 1. The van der Waals surface area contributed by atoms with E-state index in [1.54, 1.807) is 18.2 Å². The van der Waals surface area contributed by atoms with Crippen LogP contribution in [0.2, 0.25) is 5.02 Å². The number of aromatic nitrogens is 2. The number of anilines is 1. The lowest BCUT2D eigenvalue weighted by atomic mass is 10.1. The van der Waals surface area contributed by atoms with Gasteiger partial charge in [0.25, 0.3) is 5.56 Å². The highest BCUT2D eigenvalue weighted by molar-refractivity contribution is 7.99. The average Bonchev–Trinajstić information content (AvgIpc) is 2.72. The molecule has 0 spiro atoms. The second kappa shape index (κ2) is 10.1. The van der Waals surface area contributed by atoms with Gasteiger partial charge in [0.05, 0.1) is 21.6 Å². The van der Waals surface area contributed by atoms with Crippen LogP contribution in [0.4, 0.5) is 15.8 Å². The van der Waals surface area contributed by atoms with Gasteiger partial charge in [-0.2, -0.15) is 4.39 Å². The number of fused-ring (bicyclic) bond motifs is 1. The quantitative estimate of drug-likeness (QED) is 0.214. The highest BCUT2D eigenvalue weighted by Gasteiger charge is 2.17. The summed E-state index contributed by atoms with van der Waals surface area (Å²) in [4.78, 5) is 39.9. The van der Waals surface area contributed by atoms with Gasteiger partial charge in [0.1, 0.15) is 0 Å². The van der Waals surface area contributed by atoms with Gasteiger partial charge < -0.3 is 5.32 Å². The van der Waals surface area contributed by atoms with Gasteiger partial charge in [-0.15, -0.1) is 0 Å². The molecule has 168 valence electrons. The van der Waals surface area contributed by atoms with Crippen LogP contribution in [0.5, 0.6) is 0 Å². The van der Waals surface area contributed by atoms with Crippen molar-refractivity contribution in [2.75, 3.05) is 11.1 Å². The molecule has 2 aromatic carbocycles. The second-order valence-corrected chi connectivity index (χ2v) is 8.83. The summed E-state index contributed by atoms with van der Waals surface area (Å²) in [7, 11) is 0. The smallest absolute Gasteiger partial charge is 0.306 e. The molecule has 0 aliphatic rings. The van der Waals surface area contributed by atoms with Crippen molar-refractivity contribution >= 4 is 51.5 Å². The number of halogens is 2. The summed E-state index contributed by atoms with van der Waals surface area (Å²) in [6.07, 6.45) is 0.750. The molecule has 0 aliphatic carbocycles. The molecule has 0 fully saturated rings. The van der Waals surface area contributed by atoms with Crippen molar-refractivity contribution in [2.45, 2.75) is 32.0 Å². The first-order valence-electron chi connectivity index (χ1n) is 9.72. The number of nitrogens with zero attached hydrogens (tertiary/aromatic N) is 3. The van der Waals surface area contributed by atoms with Crippen molar-refractivity contribution < 1.29 is 14.1 Å². The van der Waals surface area contributed by atoms with Crippen molar-refractivity contribution in [3.63, 3.8) is 0 Å². The van der Waals surface area contributed by atoms with Crippen LogP contribution < -0.4 is 10.9 Å². The predicted octanol–water partition coefficient (Wildman–Crippen LogP) is 4.87. The molecule has 8 nitrogen and oxygen atoms in total. The standard InChI is InChI=1S/C21H20ClFN4O4S/c1-12(2)7-8-26-20(29)15-5-3-13(22)9-17(15)25-21(26)32-11-19(28)24-14-4-6-16(23)18(10-14)27(30)31/h3-6,9-10,12H,7-8,11H2,1-2H3,(H,24,28). The fraction of sp³-hybridized carbons (Fsp3) is 0.286. The van der Waals surface area contributed by atoms with Crippen molar-refractivity contribution in [3.05, 3.63) is 67.7 Å². The first kappa shape index (κ1) is 23.7. The van der Waals surface area contributed by atoms with Gasteiger partial charge in [0.15, 0.2) is 5.16 Å². The van der Waals surface area contributed by atoms with Gasteiger partial charge >= 0.3 is 5.69 Å². The highest BCUT2D eigenvalue weighted by atomic mass is 35.5. The van der Waals surface area contributed by atoms with E-state index in [1.807, 2.05) is 13.8 Å². The number of rotatable bonds is 8. The lowest BCUT2D eigenvalue weighted by molar-refractivity contribution is -0.387. The fourth-order valence-corrected chi connectivity index (χ4v) is 3.92. The van der Waals surface area contributed by atoms with E-state index in [0.29, 0.717) is 33.5 Å². The Morgan fingerprint density at radius 3 is 2.75 bits per heavy atom. The molecule has 3 aromatic rings. The summed E-state index contributed by atoms with van der Waals surface area (Å²) in [6.45, 7) is 4.53. The lowest BCUT2D eigenvalue weighted by Gasteiger charge is -2.14. The van der Waals surface area contributed by atoms with Crippen molar-refractivity contribution in [1.29, 1.82) is 0 Å². The predicted molar refractivity (Wildman–Crippen MR) is 123 cm³/mol. The number of benzene rings is 2. The van der Waals surface area contributed by atoms with Gasteiger partial charge in [-0.3, -0.25) is 24.3 Å². The molecule has 0 saturated heterocycles. The molecule has 1 aromatic heterocycles. The van der Waals surface area contributed by atoms with E-state index < -0.39 is 22.3 Å². The Morgan fingerprint density at radius 1 is 1.31 bits per heavy atom. The molecule has 11 heteroatoms. The van der Waals surface area contributed by atoms with Gasteiger partial charge in [-0.25, -0.2) is 4.98 Å². The van der Waals surface area contributed by atoms with E-state index >= 15 is 0 Å². The molecule has 0 unspecified atom stereocenters. The first-order valence-corrected chi connectivity index (χ1v) is 11.1. The van der Waals surface area contributed by atoms with Crippen molar-refractivity contribution in [3.8, 4) is 0 Å². The van der Waals surface area contributed by atoms with E-state index in [1.165, 1.54) is 10.6 Å². The molecule has 1 amide bonds. The Morgan fingerprint density at radius 2 is 2.06 bits per heavy atom. The normalized spacial score (nSPS) is 11.2. The fourth-order valence-electron chi connectivity index (χ4n) is 2.93. The Kier molecular flexibility index (Phi) is 7.47. The van der Waals surface area contributed by atoms with E-state index in [-0.39, 0.29) is 17.0 Å². The van der Waals surface area contributed by atoms with E-state index in [2.05, 4.69) is 10.3 Å². The lowest BCUT2D eigenvalue weighted by Crippen LogP contribution is -2.25. The Hall–Kier alpha value is -2.98. The van der Waals surface area contributed by atoms with Crippen molar-refractivity contribution in [1.82, 2.24) is 9.55 Å². The van der Waals surface area contributed by atoms with Crippen molar-refractivity contribution in [2.24, 2.45) is 5.92 Å². The van der Waals surface area contributed by atoms with Crippen LogP contribution in [-0.4, -0.2) is 26.1 Å². The molecule has 0 bridgehead atoms. The van der Waals surface area contributed by atoms with E-state index in [0.717, 1.165) is 30.3 Å². The molecule has 0 atom stereocenters. The molecule has 0 radical (unpaired) electrons. The zero-order chi connectivity index (χ0) is 23.4. The van der Waals surface area contributed by atoms with Crippen LogP contribution >= 0.6 is 23.4 Å². The van der Waals surface area contributed by atoms with Gasteiger partial charge in [-0.1, -0.05) is 37.2 Å². The van der Waals surface area contributed by atoms with Crippen LogP contribution in [0.3, 0.4) is 0 Å². The molecule has 0 saturated carbocycles. The molecule has 1 heterocycles. The third-order valence-electron chi connectivity index (χ3n) is 4.57. The number of hydrogen-bond donors (Lipinski definition) is 1. The minimum Gasteiger partial charge on any atom is -0.325 e. The maximum absolute atomic E-state index is 13.5. The topological polar surface area (TPSA) is 107 Å².